The third-order valence-corrected chi connectivity index (χ3v) is 4.72. The molecule has 0 aromatic carbocycles. The normalized spacial score (nSPS) is 18.6. The highest BCUT2D eigenvalue weighted by molar-refractivity contribution is 7.89. The molecule has 1 aromatic heterocycles. The van der Waals surface area contributed by atoms with Crippen LogP contribution in [0.2, 0.25) is 0 Å². The van der Waals surface area contributed by atoms with E-state index in [-0.39, 0.29) is 16.9 Å². The molecule has 1 heterocycles. The molecule has 0 bridgehead atoms. The van der Waals surface area contributed by atoms with Crippen LogP contribution < -0.4 is 4.72 Å². The van der Waals surface area contributed by atoms with Gasteiger partial charge < -0.3 is 5.11 Å². The van der Waals surface area contributed by atoms with Gasteiger partial charge in [0.05, 0.1) is 0 Å². The predicted octanol–water partition coefficient (Wildman–Crippen LogP) is 0.522. The van der Waals surface area contributed by atoms with Gasteiger partial charge in [-0.1, -0.05) is 6.42 Å². The number of pyridine rings is 1. The second-order valence-electron chi connectivity index (χ2n) is 4.52. The van der Waals surface area contributed by atoms with Gasteiger partial charge in [0.15, 0.2) is 0 Å². The Balaban J connectivity index is 2.04. The molecule has 5 nitrogen and oxygen atoms in total. The molecule has 1 aliphatic carbocycles. The number of sulfonamides is 1. The van der Waals surface area contributed by atoms with Crippen molar-refractivity contribution in [2.24, 2.45) is 5.41 Å². The molecule has 0 saturated heterocycles. The molecule has 0 unspecified atom stereocenters. The first kappa shape index (κ1) is 12.5. The number of hydrogen-bond acceptors (Lipinski definition) is 4. The molecule has 94 valence electrons. The predicted molar refractivity (Wildman–Crippen MR) is 62.8 cm³/mol. The summed E-state index contributed by atoms with van der Waals surface area (Å²) in [4.78, 5) is 3.94. The molecule has 1 aromatic rings. The van der Waals surface area contributed by atoms with E-state index in [0.29, 0.717) is 6.54 Å². The number of aliphatic hydroxyl groups excluding tert-OH is 1. The fraction of sp³-hybridized carbons (Fsp3) is 0.545. The molecule has 6 heteroatoms. The number of hydrogen-bond donors (Lipinski definition) is 2. The third kappa shape index (κ3) is 2.65. The van der Waals surface area contributed by atoms with Crippen LogP contribution in [0.4, 0.5) is 0 Å². The number of rotatable bonds is 5. The van der Waals surface area contributed by atoms with Gasteiger partial charge in [-0.15, -0.1) is 0 Å². The molecule has 17 heavy (non-hydrogen) atoms. The summed E-state index contributed by atoms with van der Waals surface area (Å²) in [5, 5.41) is 9.26. The van der Waals surface area contributed by atoms with Crippen LogP contribution in [0, 0.1) is 5.41 Å². The van der Waals surface area contributed by atoms with Gasteiger partial charge in [-0.05, 0) is 25.0 Å². The van der Waals surface area contributed by atoms with Gasteiger partial charge in [-0.25, -0.2) is 13.1 Å². The van der Waals surface area contributed by atoms with Crippen LogP contribution in [-0.2, 0) is 10.0 Å². The van der Waals surface area contributed by atoms with Crippen LogP contribution in [0.1, 0.15) is 19.3 Å². The zero-order valence-electron chi connectivity index (χ0n) is 9.46. The van der Waals surface area contributed by atoms with Gasteiger partial charge in [0.25, 0.3) is 0 Å². The molecule has 1 fully saturated rings. The molecule has 0 atom stereocenters. The van der Waals surface area contributed by atoms with E-state index in [4.69, 9.17) is 0 Å². The highest BCUT2D eigenvalue weighted by atomic mass is 32.2. The zero-order chi connectivity index (χ0) is 12.4. The Labute approximate surface area is 101 Å². The quantitative estimate of drug-likeness (QED) is 0.805. The highest BCUT2D eigenvalue weighted by Gasteiger charge is 2.37. The Morgan fingerprint density at radius 3 is 2.71 bits per heavy atom. The average Bonchev–Trinajstić information content (AvgIpc) is 2.29. The summed E-state index contributed by atoms with van der Waals surface area (Å²) in [5.41, 5.74) is -0.255. The van der Waals surface area contributed by atoms with Gasteiger partial charge in [-0.2, -0.15) is 0 Å². The maximum Gasteiger partial charge on any atom is 0.242 e. The Morgan fingerprint density at radius 2 is 2.24 bits per heavy atom. The Kier molecular flexibility index (Phi) is 3.46. The van der Waals surface area contributed by atoms with E-state index in [2.05, 4.69) is 9.71 Å². The second kappa shape index (κ2) is 4.72. The van der Waals surface area contributed by atoms with Crippen LogP contribution in [-0.4, -0.2) is 31.7 Å². The molecular formula is C11H16N2O3S. The van der Waals surface area contributed by atoms with Crippen molar-refractivity contribution in [3.63, 3.8) is 0 Å². The lowest BCUT2D eigenvalue weighted by Gasteiger charge is -2.40. The molecule has 0 aliphatic heterocycles. The fourth-order valence-electron chi connectivity index (χ4n) is 1.91. The van der Waals surface area contributed by atoms with Crippen molar-refractivity contribution in [3.8, 4) is 0 Å². The van der Waals surface area contributed by atoms with E-state index in [0.717, 1.165) is 19.3 Å². The van der Waals surface area contributed by atoms with Crippen LogP contribution in [0.15, 0.2) is 29.4 Å². The molecule has 2 rings (SSSR count). The van der Waals surface area contributed by atoms with Gasteiger partial charge in [-0.3, -0.25) is 4.98 Å². The number of aliphatic hydroxyl groups is 1. The minimum absolute atomic E-state index is 0.0303. The maximum atomic E-state index is 11.9. The molecular weight excluding hydrogens is 240 g/mol. The minimum Gasteiger partial charge on any atom is -0.396 e. The van der Waals surface area contributed by atoms with Crippen molar-refractivity contribution >= 4 is 10.0 Å². The van der Waals surface area contributed by atoms with Crippen LogP contribution >= 0.6 is 0 Å². The molecule has 0 radical (unpaired) electrons. The number of aromatic nitrogens is 1. The SMILES string of the molecule is O=S(=O)(NCC1(CO)CCC1)c1cccnc1. The van der Waals surface area contributed by atoms with E-state index in [1.807, 2.05) is 0 Å². The lowest BCUT2D eigenvalue weighted by Crippen LogP contribution is -2.44. The summed E-state index contributed by atoms with van der Waals surface area (Å²) in [7, 11) is -3.50. The van der Waals surface area contributed by atoms with E-state index >= 15 is 0 Å². The van der Waals surface area contributed by atoms with Crippen LogP contribution in [0.5, 0.6) is 0 Å². The molecule has 1 saturated carbocycles. The van der Waals surface area contributed by atoms with E-state index in [1.54, 1.807) is 6.07 Å². The first-order valence-corrected chi connectivity index (χ1v) is 7.07. The standard InChI is InChI=1S/C11H16N2O3S/c14-9-11(4-2-5-11)8-13-17(15,16)10-3-1-6-12-7-10/h1,3,6-7,13-14H,2,4-5,8-9H2. The van der Waals surface area contributed by atoms with Crippen molar-refractivity contribution in [2.75, 3.05) is 13.2 Å². The molecule has 0 spiro atoms. The zero-order valence-corrected chi connectivity index (χ0v) is 10.3. The lowest BCUT2D eigenvalue weighted by molar-refractivity contribution is 0.0499. The summed E-state index contributed by atoms with van der Waals surface area (Å²) in [6, 6.07) is 3.08. The topological polar surface area (TPSA) is 79.3 Å². The monoisotopic (exact) mass is 256 g/mol. The van der Waals surface area contributed by atoms with Crippen molar-refractivity contribution in [1.29, 1.82) is 0 Å². The largest absolute Gasteiger partial charge is 0.396 e. The number of nitrogens with zero attached hydrogens (tertiary/aromatic N) is 1. The fourth-order valence-corrected chi connectivity index (χ4v) is 3.03. The van der Waals surface area contributed by atoms with Crippen LogP contribution in [0.25, 0.3) is 0 Å². The Hall–Kier alpha value is -0.980. The second-order valence-corrected chi connectivity index (χ2v) is 6.29. The Morgan fingerprint density at radius 1 is 1.47 bits per heavy atom. The van der Waals surface area contributed by atoms with Crippen molar-refractivity contribution < 1.29 is 13.5 Å². The van der Waals surface area contributed by atoms with Gasteiger partial charge in [0, 0.05) is 31.0 Å². The summed E-state index contributed by atoms with van der Waals surface area (Å²) >= 11 is 0. The number of nitrogens with one attached hydrogen (secondary N) is 1. The third-order valence-electron chi connectivity index (χ3n) is 3.33. The maximum absolute atomic E-state index is 11.9. The van der Waals surface area contributed by atoms with Gasteiger partial charge >= 0.3 is 0 Å². The van der Waals surface area contributed by atoms with Gasteiger partial charge in [0.2, 0.25) is 10.0 Å². The molecule has 1 aliphatic rings. The first-order valence-electron chi connectivity index (χ1n) is 5.59. The first-order chi connectivity index (χ1) is 8.08. The van der Waals surface area contributed by atoms with E-state index in [9.17, 15) is 13.5 Å². The smallest absolute Gasteiger partial charge is 0.242 e. The van der Waals surface area contributed by atoms with E-state index in [1.165, 1.54) is 18.5 Å². The molecule has 2 N–H and O–H groups in total. The summed E-state index contributed by atoms with van der Waals surface area (Å²) in [5.74, 6) is 0. The van der Waals surface area contributed by atoms with Gasteiger partial charge in [0.1, 0.15) is 4.90 Å². The van der Waals surface area contributed by atoms with Crippen LogP contribution in [0.3, 0.4) is 0 Å². The summed E-state index contributed by atoms with van der Waals surface area (Å²) in [6.45, 7) is 0.323. The molecule has 0 amide bonds. The summed E-state index contributed by atoms with van der Waals surface area (Å²) < 4.78 is 26.3. The minimum atomic E-state index is -3.50. The van der Waals surface area contributed by atoms with E-state index < -0.39 is 10.0 Å². The lowest BCUT2D eigenvalue weighted by atomic mass is 9.69. The van der Waals surface area contributed by atoms with Crippen molar-refractivity contribution in [3.05, 3.63) is 24.5 Å². The van der Waals surface area contributed by atoms with Crippen molar-refractivity contribution in [1.82, 2.24) is 9.71 Å². The summed E-state index contributed by atoms with van der Waals surface area (Å²) in [6.07, 6.45) is 5.64. The Bertz CT molecular complexity index is 463. The highest BCUT2D eigenvalue weighted by Crippen LogP contribution is 2.39. The van der Waals surface area contributed by atoms with Crippen molar-refractivity contribution in [2.45, 2.75) is 24.2 Å². The average molecular weight is 256 g/mol.